The number of carbonyl (C=O) groups excluding carboxylic acids is 8. The standard InChI is InChI=1S/C95H133N17O20/c1-59-18-12-11-13-19-60(2)76(123-8)51-71-23-21-65(7)95(122,132-71)85(117)90(119)111-31-16-14-20-73(111)91(120)130-77(52-74(113)61(3)47-64(6)83(116)84(125-10)82(115)63(5)46-59)62(4)48-66-22-24-75(78(49-66)124-9)131-94(121)110-33-26-72-70(57-110)56-103-93(106-72)109-36-34-108(35-37-109)92-101-54-69(55-102-92)89(118)99-30-39-127-41-43-129-45-44-128-42-40-126-38-27-79(114)97-28-15-17-32-112-88-80(86(96)104-58-105-88)81(107-112)68-50-67-25-29-98-87(67)100-53-68/h11-13,18-19,25,29,47,50,53-56,58-59,61-63,65-66,71,73,75-78,83-84,116,122H,14-17,20-24,26-28,30-46,48-49,51-52,57H2,1-10H3,(H,97,114)(H,98,100)(H,99,118)(H2,96,104,105)/b13-11?,18-12+,60-19?,64-47+/t59-,61-,62-,63-,65-,66+,71+,73+,75-,76+,77+,78-,83-,84+,95-/m1/s1. The molecule has 37 nitrogen and oxygen atoms in total. The van der Waals surface area contributed by atoms with Crippen molar-refractivity contribution >= 4 is 86.9 Å². The third-order valence-corrected chi connectivity index (χ3v) is 26.1. The Balaban J connectivity index is 0.538. The van der Waals surface area contributed by atoms with E-state index < -0.39 is 102 Å². The van der Waals surface area contributed by atoms with Gasteiger partial charge in [-0.1, -0.05) is 71.1 Å². The summed E-state index contributed by atoms with van der Waals surface area (Å²) >= 11 is 0. The molecule has 718 valence electrons. The summed E-state index contributed by atoms with van der Waals surface area (Å²) in [6.07, 6.45) is 21.4. The van der Waals surface area contributed by atoms with E-state index in [2.05, 4.69) is 45.4 Å². The molecular weight excluding hydrogens is 1700 g/mol. The van der Waals surface area contributed by atoms with Crippen LogP contribution in [-0.2, 0) is 95.6 Å². The number of hydrogen-bond donors (Lipinski definition) is 6. The van der Waals surface area contributed by atoms with Gasteiger partial charge in [0.1, 0.15) is 59.7 Å². The third kappa shape index (κ3) is 26.8. The van der Waals surface area contributed by atoms with Crippen LogP contribution in [0.4, 0.5) is 22.5 Å². The molecule has 1 saturated carbocycles. The van der Waals surface area contributed by atoms with Gasteiger partial charge in [-0.3, -0.25) is 28.8 Å². The molecule has 0 spiro atoms. The number of aliphatic hydroxyl groups is 2. The molecule has 0 radical (unpaired) electrons. The number of nitrogen functional groups attached to an aromatic ring is 1. The van der Waals surface area contributed by atoms with Gasteiger partial charge in [0.25, 0.3) is 17.6 Å². The topological polar surface area (TPSA) is 456 Å². The number of allylic oxidation sites excluding steroid dienone is 6. The Morgan fingerprint density at radius 1 is 0.735 bits per heavy atom. The molecule has 132 heavy (non-hydrogen) atoms. The number of rotatable bonds is 31. The zero-order chi connectivity index (χ0) is 94.0. The molecule has 12 rings (SSSR count). The Labute approximate surface area is 770 Å². The van der Waals surface area contributed by atoms with Crippen LogP contribution in [0.1, 0.15) is 166 Å². The van der Waals surface area contributed by atoms with Gasteiger partial charge < -0.3 is 98.5 Å². The minimum absolute atomic E-state index is 0.0243. The first-order chi connectivity index (χ1) is 63.7. The van der Waals surface area contributed by atoms with Crippen molar-refractivity contribution < 1.29 is 95.9 Å². The number of esters is 1. The third-order valence-electron chi connectivity index (χ3n) is 26.1. The summed E-state index contributed by atoms with van der Waals surface area (Å²) in [4.78, 5) is 154. The number of Topliss-reactive ketones (excluding diaryl/α,β-unsaturated/α-hetero) is 3. The lowest BCUT2D eigenvalue weighted by atomic mass is 9.78. The second-order valence-corrected chi connectivity index (χ2v) is 35.7. The number of aryl methyl sites for hydroxylation is 1. The van der Waals surface area contributed by atoms with Crippen molar-refractivity contribution in [2.75, 3.05) is 142 Å². The predicted octanol–water partition coefficient (Wildman–Crippen LogP) is 8.34. The van der Waals surface area contributed by atoms with Crippen molar-refractivity contribution in [1.29, 1.82) is 0 Å². The number of piperidine rings is 1. The highest BCUT2D eigenvalue weighted by molar-refractivity contribution is 6.39. The zero-order valence-electron chi connectivity index (χ0n) is 77.8. The Hall–Kier alpha value is -10.5. The number of piperazine rings is 1. The number of amides is 4. The van der Waals surface area contributed by atoms with E-state index >= 15 is 0 Å². The number of hydrogen-bond acceptors (Lipinski definition) is 31. The molecule has 0 unspecified atom stereocenters. The molecule has 5 aliphatic heterocycles. The number of carbonyl (C=O) groups is 8. The number of nitrogens with zero attached hydrogens (tertiary/aromatic N) is 13. The largest absolute Gasteiger partial charge is 0.460 e. The van der Waals surface area contributed by atoms with Gasteiger partial charge in [0.2, 0.25) is 23.6 Å². The van der Waals surface area contributed by atoms with Crippen molar-refractivity contribution in [3.8, 4) is 11.3 Å². The second-order valence-electron chi connectivity index (χ2n) is 35.7. The van der Waals surface area contributed by atoms with Crippen molar-refractivity contribution in [2.24, 2.45) is 35.5 Å². The molecule has 1 aliphatic carbocycles. The summed E-state index contributed by atoms with van der Waals surface area (Å²) < 4.78 is 60.9. The second kappa shape index (κ2) is 49.0. The van der Waals surface area contributed by atoms with E-state index in [0.29, 0.717) is 195 Å². The number of nitrogens with one attached hydrogen (secondary N) is 3. The Morgan fingerprint density at radius 2 is 1.46 bits per heavy atom. The van der Waals surface area contributed by atoms with Crippen molar-refractivity contribution in [2.45, 2.75) is 219 Å². The summed E-state index contributed by atoms with van der Waals surface area (Å²) in [7, 11) is 4.52. The Kier molecular flexibility index (Phi) is 37.3. The summed E-state index contributed by atoms with van der Waals surface area (Å²) in [5.41, 5.74) is 12.4. The maximum absolute atomic E-state index is 14.9. The van der Waals surface area contributed by atoms with E-state index in [4.69, 9.17) is 68.2 Å². The highest BCUT2D eigenvalue weighted by Gasteiger charge is 2.53. The average molecular weight is 1830 g/mol. The quantitative estimate of drug-likeness (QED) is 0.0103. The molecule has 37 heteroatoms. The summed E-state index contributed by atoms with van der Waals surface area (Å²) in [5, 5.41) is 36.2. The number of unbranched alkanes of at least 4 members (excludes halogenated alkanes) is 1. The smallest absolute Gasteiger partial charge is 0.410 e. The molecule has 4 amide bonds. The molecular formula is C95H133N17O20. The first kappa shape index (κ1) is 101. The lowest BCUT2D eigenvalue weighted by Gasteiger charge is -2.42. The fourth-order valence-electron chi connectivity index (χ4n) is 18.2. The molecule has 6 aromatic heterocycles. The highest BCUT2D eigenvalue weighted by atomic mass is 16.6. The summed E-state index contributed by atoms with van der Waals surface area (Å²) in [6.45, 7) is 19.6. The van der Waals surface area contributed by atoms with E-state index in [0.717, 1.165) is 46.3 Å². The van der Waals surface area contributed by atoms with Gasteiger partial charge in [-0.2, -0.15) is 5.10 Å². The lowest BCUT2D eigenvalue weighted by molar-refractivity contribution is -0.265. The van der Waals surface area contributed by atoms with Gasteiger partial charge in [0.15, 0.2) is 11.4 Å². The van der Waals surface area contributed by atoms with Crippen molar-refractivity contribution in [1.82, 2.24) is 70.1 Å². The van der Waals surface area contributed by atoms with Crippen LogP contribution in [0, 0.1) is 35.5 Å². The minimum atomic E-state index is -2.49. The number of aliphatic hydroxyl groups excluding tert-OH is 1. The van der Waals surface area contributed by atoms with Crippen LogP contribution < -0.4 is 26.2 Å². The van der Waals surface area contributed by atoms with Gasteiger partial charge in [0, 0.05) is 171 Å². The molecule has 11 heterocycles. The van der Waals surface area contributed by atoms with Gasteiger partial charge in [-0.05, 0) is 132 Å². The number of aromatic amines is 1. The number of nitrogens with two attached hydrogens (primary N) is 1. The van der Waals surface area contributed by atoms with Crippen LogP contribution in [0.5, 0.6) is 0 Å². The van der Waals surface area contributed by atoms with Crippen molar-refractivity contribution in [3.05, 3.63) is 114 Å². The Bertz CT molecular complexity index is 5000. The average Bonchev–Trinajstić information content (AvgIpc) is 1.57. The van der Waals surface area contributed by atoms with E-state index in [-0.39, 0.29) is 93.7 Å². The summed E-state index contributed by atoms with van der Waals surface area (Å²) in [5.74, 6) is -7.74. The molecule has 4 fully saturated rings. The molecule has 6 aliphatic rings. The van der Waals surface area contributed by atoms with Gasteiger partial charge in [-0.25, -0.2) is 49.2 Å². The number of fused-ring (bicyclic) bond motifs is 6. The summed E-state index contributed by atoms with van der Waals surface area (Å²) in [6, 6.07) is 2.73. The SMILES string of the molecule is CO[C@H]1C[C@@H]2CC[C@@H](C)[C@@](O)(O2)C(=O)C(=O)N2CCCC[C@H]2C(=O)O[C@H]([C@H](C)C[C@@H]2CC[C@@H](OC(=O)N3CCc4nc(N5CCN(c6ncc(C(=O)NCCOCCOCCOCCOCCC(=O)NCCCCn7nc(-c8cnc9[nH]ccc9c8)c8c(N)ncnc87)cn6)CC5)ncc4C3)[C@H](OC)C2)CC(=O)[C@H](C)/C=C(\C)[C@@H](O)[C@@H](OC)C(=O)[C@H](C)C[C@H](C)/C=C/C=CC=C1C. The molecule has 0 aromatic carbocycles. The molecule has 7 N–H and O–H groups in total. The van der Waals surface area contributed by atoms with Crippen LogP contribution in [0.3, 0.4) is 0 Å². The number of aromatic nitrogens is 10. The number of anilines is 3. The normalized spacial score (nSPS) is 26.4. The maximum atomic E-state index is 14.9. The van der Waals surface area contributed by atoms with Crippen LogP contribution in [0.25, 0.3) is 33.3 Å². The fraction of sp³-hybridized carbons (Fsp3) is 0.621. The number of pyridine rings is 1. The van der Waals surface area contributed by atoms with Gasteiger partial charge in [0.05, 0.1) is 94.4 Å². The van der Waals surface area contributed by atoms with E-state index in [1.54, 1.807) is 65.3 Å². The van der Waals surface area contributed by atoms with Gasteiger partial charge in [-0.15, -0.1) is 0 Å². The highest BCUT2D eigenvalue weighted by Crippen LogP contribution is 2.40. The maximum Gasteiger partial charge on any atom is 0.410 e. The van der Waals surface area contributed by atoms with Crippen LogP contribution in [0.2, 0.25) is 0 Å². The first-order valence-corrected chi connectivity index (χ1v) is 46.6. The molecule has 15 atom stereocenters. The van der Waals surface area contributed by atoms with Crippen LogP contribution >= 0.6 is 0 Å². The number of ketones is 3. The lowest BCUT2D eigenvalue weighted by Crippen LogP contribution is -2.61. The number of ether oxygens (including phenoxy) is 10. The minimum Gasteiger partial charge on any atom is -0.460 e. The van der Waals surface area contributed by atoms with Crippen molar-refractivity contribution in [3.63, 3.8) is 0 Å². The predicted molar refractivity (Wildman–Crippen MR) is 489 cm³/mol. The van der Waals surface area contributed by atoms with E-state index in [9.17, 15) is 48.6 Å². The molecule has 3 saturated heterocycles. The number of cyclic esters (lactones) is 1. The number of methoxy groups -OCH3 is 3. The number of H-pyrrole nitrogens is 1. The molecule has 6 aromatic rings. The van der Waals surface area contributed by atoms with Gasteiger partial charge >= 0.3 is 12.1 Å². The monoisotopic (exact) mass is 1830 g/mol. The molecule has 2 bridgehead atoms. The first-order valence-electron chi connectivity index (χ1n) is 46.6. The fourth-order valence-corrected chi connectivity index (χ4v) is 18.2. The van der Waals surface area contributed by atoms with Crippen LogP contribution in [0.15, 0.2) is 97.0 Å². The van der Waals surface area contributed by atoms with E-state index in [1.165, 1.54) is 30.7 Å². The van der Waals surface area contributed by atoms with Crippen LogP contribution in [-0.4, -0.2) is 298 Å². The Morgan fingerprint density at radius 3 is 2.20 bits per heavy atom. The van der Waals surface area contributed by atoms with E-state index in [1.807, 2.05) is 79.1 Å². The zero-order valence-corrected chi connectivity index (χ0v) is 77.8.